The molecule has 2 rings (SSSR count). The molecule has 4 nitrogen and oxygen atoms in total. The molecule has 1 amide bonds. The molecule has 0 atom stereocenters. The second-order valence-electron chi connectivity index (χ2n) is 5.89. The van der Waals surface area contributed by atoms with Crippen molar-refractivity contribution in [2.24, 2.45) is 5.92 Å². The fourth-order valence-corrected chi connectivity index (χ4v) is 3.09. The summed E-state index contributed by atoms with van der Waals surface area (Å²) in [6.45, 7) is 6.80. The van der Waals surface area contributed by atoms with Crippen molar-refractivity contribution in [1.82, 2.24) is 4.90 Å². The van der Waals surface area contributed by atoms with Gasteiger partial charge in [0.25, 0.3) is 5.91 Å². The first-order valence-electron chi connectivity index (χ1n) is 7.67. The highest BCUT2D eigenvalue weighted by atomic mass is 35.5. The van der Waals surface area contributed by atoms with Gasteiger partial charge in [-0.1, -0.05) is 37.0 Å². The molecule has 1 fully saturated rings. The van der Waals surface area contributed by atoms with E-state index in [0.29, 0.717) is 28.9 Å². The molecule has 1 heterocycles. The van der Waals surface area contributed by atoms with Gasteiger partial charge in [0.1, 0.15) is 0 Å². The first-order valence-corrected chi connectivity index (χ1v) is 8.42. The smallest absolute Gasteiger partial charge is 0.288 e. The number of carbonyl (C=O) groups is 1. The minimum atomic E-state index is -0.0509. The number of allylic oxidation sites excluding steroid dienone is 1. The lowest BCUT2D eigenvalue weighted by molar-refractivity contribution is -0.130. The van der Waals surface area contributed by atoms with E-state index in [0.717, 1.165) is 18.8 Å². The number of benzene rings is 1. The van der Waals surface area contributed by atoms with Crippen LogP contribution in [0.1, 0.15) is 13.8 Å². The lowest BCUT2D eigenvalue weighted by Gasteiger charge is -2.36. The van der Waals surface area contributed by atoms with Gasteiger partial charge in [-0.15, -0.1) is 0 Å². The Morgan fingerprint density at radius 1 is 1.13 bits per heavy atom. The van der Waals surface area contributed by atoms with Gasteiger partial charge < -0.3 is 14.5 Å². The van der Waals surface area contributed by atoms with Gasteiger partial charge in [-0.2, -0.15) is 0 Å². The van der Waals surface area contributed by atoms with E-state index in [1.165, 1.54) is 7.11 Å². The van der Waals surface area contributed by atoms with Crippen molar-refractivity contribution in [1.29, 1.82) is 0 Å². The van der Waals surface area contributed by atoms with Gasteiger partial charge in [-0.25, -0.2) is 0 Å². The zero-order chi connectivity index (χ0) is 17.0. The predicted octanol–water partition coefficient (Wildman–Crippen LogP) is 3.83. The standard InChI is InChI=1S/C17H22Cl2N2O2/c1-12(2)8-16(23-3)17(22)21-6-4-20(5-7-21)15-10-13(18)9-14(19)11-15/h8-12H,4-7H2,1-3H3. The molecule has 23 heavy (non-hydrogen) atoms. The lowest BCUT2D eigenvalue weighted by atomic mass is 10.2. The van der Waals surface area contributed by atoms with Crippen molar-refractivity contribution < 1.29 is 9.53 Å². The number of halogens is 2. The van der Waals surface area contributed by atoms with Crippen molar-refractivity contribution in [3.63, 3.8) is 0 Å². The fraction of sp³-hybridized carbons (Fsp3) is 0.471. The molecule has 1 aromatic carbocycles. The SMILES string of the molecule is COC(=CC(C)C)C(=O)N1CCN(c2cc(Cl)cc(Cl)c2)CC1. The molecular formula is C17H22Cl2N2O2. The van der Waals surface area contributed by atoms with Crippen LogP contribution in [0.5, 0.6) is 0 Å². The molecule has 0 aliphatic carbocycles. The normalized spacial score (nSPS) is 16.0. The minimum absolute atomic E-state index is 0.0509. The summed E-state index contributed by atoms with van der Waals surface area (Å²) < 4.78 is 5.24. The summed E-state index contributed by atoms with van der Waals surface area (Å²) in [6, 6.07) is 5.50. The Kier molecular flexibility index (Phi) is 6.19. The third kappa shape index (κ3) is 4.79. The van der Waals surface area contributed by atoms with Crippen LogP contribution in [0.3, 0.4) is 0 Å². The van der Waals surface area contributed by atoms with Crippen LogP contribution in [0.2, 0.25) is 10.0 Å². The van der Waals surface area contributed by atoms with E-state index in [2.05, 4.69) is 4.90 Å². The summed E-state index contributed by atoms with van der Waals surface area (Å²) in [6.07, 6.45) is 1.85. The number of nitrogens with zero attached hydrogens (tertiary/aromatic N) is 2. The molecule has 126 valence electrons. The van der Waals surface area contributed by atoms with Crippen LogP contribution < -0.4 is 4.90 Å². The van der Waals surface area contributed by atoms with Gasteiger partial charge in [-0.05, 0) is 30.2 Å². The summed E-state index contributed by atoms with van der Waals surface area (Å²) in [5.74, 6) is 0.632. The minimum Gasteiger partial charge on any atom is -0.491 e. The van der Waals surface area contributed by atoms with Gasteiger partial charge in [0.2, 0.25) is 0 Å². The van der Waals surface area contributed by atoms with Crippen molar-refractivity contribution >= 4 is 34.8 Å². The largest absolute Gasteiger partial charge is 0.491 e. The van der Waals surface area contributed by atoms with Crippen LogP contribution in [0, 0.1) is 5.92 Å². The zero-order valence-corrected chi connectivity index (χ0v) is 15.2. The topological polar surface area (TPSA) is 32.8 Å². The number of methoxy groups -OCH3 is 1. The highest BCUT2D eigenvalue weighted by Gasteiger charge is 2.24. The first kappa shape index (κ1) is 18.0. The summed E-state index contributed by atoms with van der Waals surface area (Å²) in [5, 5.41) is 1.24. The van der Waals surface area contributed by atoms with E-state index in [-0.39, 0.29) is 11.8 Å². The molecule has 1 saturated heterocycles. The summed E-state index contributed by atoms with van der Waals surface area (Å²) in [7, 11) is 1.54. The van der Waals surface area contributed by atoms with Crippen LogP contribution >= 0.6 is 23.2 Å². The van der Waals surface area contributed by atoms with Crippen molar-refractivity contribution in [2.75, 3.05) is 38.2 Å². The van der Waals surface area contributed by atoms with E-state index in [1.54, 1.807) is 6.07 Å². The summed E-state index contributed by atoms with van der Waals surface area (Å²) >= 11 is 12.1. The molecule has 0 aromatic heterocycles. The molecule has 1 aliphatic heterocycles. The van der Waals surface area contributed by atoms with Crippen LogP contribution in [0.4, 0.5) is 5.69 Å². The number of carbonyl (C=O) groups excluding carboxylic acids is 1. The molecule has 0 spiro atoms. The molecular weight excluding hydrogens is 335 g/mol. The Balaban J connectivity index is 2.02. The molecule has 6 heteroatoms. The molecule has 1 aromatic rings. The Morgan fingerprint density at radius 3 is 2.17 bits per heavy atom. The second-order valence-corrected chi connectivity index (χ2v) is 6.76. The number of hydrogen-bond acceptors (Lipinski definition) is 3. The average Bonchev–Trinajstić information content (AvgIpc) is 2.51. The number of hydrogen-bond donors (Lipinski definition) is 0. The first-order chi connectivity index (χ1) is 10.9. The van der Waals surface area contributed by atoms with Crippen molar-refractivity contribution in [3.05, 3.63) is 40.1 Å². The van der Waals surface area contributed by atoms with Gasteiger partial charge in [-0.3, -0.25) is 4.79 Å². The monoisotopic (exact) mass is 356 g/mol. The van der Waals surface area contributed by atoms with E-state index >= 15 is 0 Å². The Morgan fingerprint density at radius 2 is 1.70 bits per heavy atom. The van der Waals surface area contributed by atoms with Crippen LogP contribution in [-0.2, 0) is 9.53 Å². The van der Waals surface area contributed by atoms with Crippen LogP contribution in [0.15, 0.2) is 30.0 Å². The van der Waals surface area contributed by atoms with Crippen LogP contribution in [0.25, 0.3) is 0 Å². The van der Waals surface area contributed by atoms with E-state index in [4.69, 9.17) is 27.9 Å². The van der Waals surface area contributed by atoms with E-state index in [9.17, 15) is 4.79 Å². The maximum atomic E-state index is 12.5. The van der Waals surface area contributed by atoms with Crippen molar-refractivity contribution in [3.8, 4) is 0 Å². The van der Waals surface area contributed by atoms with Gasteiger partial charge in [0.05, 0.1) is 7.11 Å². The molecule has 1 aliphatic rings. The molecule has 0 saturated carbocycles. The number of amides is 1. The van der Waals surface area contributed by atoms with Gasteiger partial charge in [0, 0.05) is 41.9 Å². The average molecular weight is 357 g/mol. The Bertz CT molecular complexity index is 574. The highest BCUT2D eigenvalue weighted by molar-refractivity contribution is 6.35. The number of rotatable bonds is 4. The van der Waals surface area contributed by atoms with Gasteiger partial charge in [0.15, 0.2) is 5.76 Å². The van der Waals surface area contributed by atoms with E-state index < -0.39 is 0 Å². The molecule has 0 N–H and O–H groups in total. The molecule has 0 unspecified atom stereocenters. The number of anilines is 1. The Labute approximate surface area is 147 Å². The second kappa shape index (κ2) is 7.93. The molecule has 0 radical (unpaired) electrons. The third-order valence-corrected chi connectivity index (χ3v) is 4.13. The molecule has 0 bridgehead atoms. The predicted molar refractivity (Wildman–Crippen MR) is 95.2 cm³/mol. The van der Waals surface area contributed by atoms with Gasteiger partial charge >= 0.3 is 0 Å². The zero-order valence-electron chi connectivity index (χ0n) is 13.7. The quantitative estimate of drug-likeness (QED) is 0.607. The summed E-state index contributed by atoms with van der Waals surface area (Å²) in [5.41, 5.74) is 0.985. The Hall–Kier alpha value is -1.39. The highest BCUT2D eigenvalue weighted by Crippen LogP contribution is 2.26. The summed E-state index contributed by atoms with van der Waals surface area (Å²) in [4.78, 5) is 16.5. The van der Waals surface area contributed by atoms with Crippen molar-refractivity contribution in [2.45, 2.75) is 13.8 Å². The fourth-order valence-electron chi connectivity index (χ4n) is 2.57. The lowest BCUT2D eigenvalue weighted by Crippen LogP contribution is -2.49. The maximum Gasteiger partial charge on any atom is 0.288 e. The third-order valence-electron chi connectivity index (χ3n) is 3.69. The maximum absolute atomic E-state index is 12.5. The number of ether oxygens (including phenoxy) is 1. The van der Waals surface area contributed by atoms with E-state index in [1.807, 2.05) is 37.0 Å². The van der Waals surface area contributed by atoms with Crippen LogP contribution in [-0.4, -0.2) is 44.1 Å². The number of piperazine rings is 1.